The summed E-state index contributed by atoms with van der Waals surface area (Å²) < 4.78 is 38.0. The molecule has 0 saturated carbocycles. The third-order valence-electron chi connectivity index (χ3n) is 4.50. The van der Waals surface area contributed by atoms with Crippen LogP contribution in [0, 0.1) is 0 Å². The molecule has 0 unspecified atom stereocenters. The number of hydrogen-bond donors (Lipinski definition) is 1. The number of carbonyl (C=O) groups is 1. The van der Waals surface area contributed by atoms with Crippen molar-refractivity contribution in [3.63, 3.8) is 0 Å². The van der Waals surface area contributed by atoms with E-state index in [1.807, 2.05) is 24.3 Å². The summed E-state index contributed by atoms with van der Waals surface area (Å²) >= 11 is 0. The molecule has 28 heavy (non-hydrogen) atoms. The van der Waals surface area contributed by atoms with Gasteiger partial charge >= 0.3 is 6.18 Å². The molecule has 1 aromatic heterocycles. The minimum atomic E-state index is -4.39. The number of anilines is 3. The lowest BCUT2D eigenvalue weighted by Crippen LogP contribution is -2.29. The van der Waals surface area contributed by atoms with Crippen LogP contribution in [0.25, 0.3) is 0 Å². The second-order valence-electron chi connectivity index (χ2n) is 6.32. The number of nitrogens with zero attached hydrogens (tertiary/aromatic N) is 3. The Bertz CT molecular complexity index is 1020. The summed E-state index contributed by atoms with van der Waals surface area (Å²) in [5.74, 6) is 0.0772. The first-order chi connectivity index (χ1) is 13.4. The highest BCUT2D eigenvalue weighted by Gasteiger charge is 2.30. The van der Waals surface area contributed by atoms with Crippen LogP contribution in [-0.2, 0) is 12.6 Å². The van der Waals surface area contributed by atoms with Crippen molar-refractivity contribution in [3.05, 3.63) is 77.7 Å². The fourth-order valence-corrected chi connectivity index (χ4v) is 3.12. The minimum Gasteiger partial charge on any atom is -0.340 e. The van der Waals surface area contributed by atoms with Crippen molar-refractivity contribution < 1.29 is 18.0 Å². The average molecular weight is 384 g/mol. The Labute approximate surface area is 158 Å². The Hall–Kier alpha value is -3.42. The maximum Gasteiger partial charge on any atom is 0.416 e. The number of halogens is 3. The summed E-state index contributed by atoms with van der Waals surface area (Å²) in [6.45, 7) is 0.573. The van der Waals surface area contributed by atoms with Crippen molar-refractivity contribution in [2.24, 2.45) is 0 Å². The molecule has 8 heteroatoms. The molecule has 3 aromatic rings. The second kappa shape index (κ2) is 6.95. The second-order valence-corrected chi connectivity index (χ2v) is 6.32. The maximum absolute atomic E-state index is 12.9. The zero-order chi connectivity index (χ0) is 19.7. The standard InChI is InChI=1S/C20H15F3N4O/c21-20(22,23)14-5-7-15(8-6-14)26-18-11-16(24-12-25-18)19(28)27-10-9-13-3-1-2-4-17(13)27/h1-8,11-12H,9-10H2,(H,24,25,26). The Morgan fingerprint density at radius 2 is 1.79 bits per heavy atom. The minimum absolute atomic E-state index is 0.209. The van der Waals surface area contributed by atoms with Crippen LogP contribution in [0.2, 0.25) is 0 Å². The first-order valence-electron chi connectivity index (χ1n) is 8.58. The van der Waals surface area contributed by atoms with Gasteiger partial charge in [-0.1, -0.05) is 18.2 Å². The fourth-order valence-electron chi connectivity index (χ4n) is 3.12. The van der Waals surface area contributed by atoms with Crippen LogP contribution in [0.15, 0.2) is 60.9 Å². The van der Waals surface area contributed by atoms with E-state index in [1.54, 1.807) is 4.90 Å². The van der Waals surface area contributed by atoms with E-state index in [4.69, 9.17) is 0 Å². The van der Waals surface area contributed by atoms with Crippen LogP contribution >= 0.6 is 0 Å². The lowest BCUT2D eigenvalue weighted by atomic mass is 10.2. The Balaban J connectivity index is 1.53. The molecule has 2 aromatic carbocycles. The number of rotatable bonds is 3. The molecule has 142 valence electrons. The summed E-state index contributed by atoms with van der Waals surface area (Å²) in [6.07, 6.45) is -2.36. The monoisotopic (exact) mass is 384 g/mol. The molecule has 0 saturated heterocycles. The molecule has 0 atom stereocenters. The molecule has 0 bridgehead atoms. The van der Waals surface area contributed by atoms with Crippen LogP contribution < -0.4 is 10.2 Å². The van der Waals surface area contributed by atoms with Gasteiger partial charge in [0.2, 0.25) is 0 Å². The smallest absolute Gasteiger partial charge is 0.340 e. The van der Waals surface area contributed by atoms with Gasteiger partial charge in [0.1, 0.15) is 17.8 Å². The van der Waals surface area contributed by atoms with E-state index in [1.165, 1.54) is 24.5 Å². The van der Waals surface area contributed by atoms with Crippen molar-refractivity contribution in [3.8, 4) is 0 Å². The highest BCUT2D eigenvalue weighted by molar-refractivity contribution is 6.06. The number of benzene rings is 2. The lowest BCUT2D eigenvalue weighted by molar-refractivity contribution is -0.137. The Morgan fingerprint density at radius 3 is 2.54 bits per heavy atom. The van der Waals surface area contributed by atoms with Gasteiger partial charge < -0.3 is 10.2 Å². The van der Waals surface area contributed by atoms with Gasteiger partial charge in [0.05, 0.1) is 5.56 Å². The highest BCUT2D eigenvalue weighted by atomic mass is 19.4. The van der Waals surface area contributed by atoms with E-state index in [9.17, 15) is 18.0 Å². The summed E-state index contributed by atoms with van der Waals surface area (Å²) in [5, 5.41) is 2.90. The van der Waals surface area contributed by atoms with E-state index in [2.05, 4.69) is 15.3 Å². The Morgan fingerprint density at radius 1 is 1.04 bits per heavy atom. The van der Waals surface area contributed by atoms with Crippen LogP contribution in [0.5, 0.6) is 0 Å². The maximum atomic E-state index is 12.9. The first-order valence-corrected chi connectivity index (χ1v) is 8.58. The van der Waals surface area contributed by atoms with Gasteiger partial charge in [-0.05, 0) is 42.3 Å². The van der Waals surface area contributed by atoms with Gasteiger partial charge in [-0.15, -0.1) is 0 Å². The Kier molecular flexibility index (Phi) is 4.46. The van der Waals surface area contributed by atoms with Crippen molar-refractivity contribution >= 4 is 23.1 Å². The third kappa shape index (κ3) is 3.53. The molecular formula is C20H15F3N4O. The third-order valence-corrected chi connectivity index (χ3v) is 4.50. The number of amides is 1. The predicted octanol–water partition coefficient (Wildman–Crippen LogP) is 4.44. The zero-order valence-corrected chi connectivity index (χ0v) is 14.6. The predicted molar refractivity (Wildman–Crippen MR) is 98.6 cm³/mol. The molecule has 4 rings (SSSR count). The molecule has 1 amide bonds. The lowest BCUT2D eigenvalue weighted by Gasteiger charge is -2.17. The number of nitrogens with one attached hydrogen (secondary N) is 1. The number of alkyl halides is 3. The van der Waals surface area contributed by atoms with Crippen molar-refractivity contribution in [1.29, 1.82) is 0 Å². The molecule has 0 spiro atoms. The topological polar surface area (TPSA) is 58.1 Å². The van der Waals surface area contributed by atoms with Crippen LogP contribution in [0.4, 0.5) is 30.4 Å². The van der Waals surface area contributed by atoms with Crippen molar-refractivity contribution in [2.45, 2.75) is 12.6 Å². The molecule has 5 nitrogen and oxygen atoms in total. The number of aromatic nitrogens is 2. The molecule has 1 aliphatic heterocycles. The van der Waals surface area contributed by atoms with E-state index < -0.39 is 11.7 Å². The normalized spacial score (nSPS) is 13.3. The molecule has 1 aliphatic rings. The number of carbonyl (C=O) groups excluding carboxylic acids is 1. The molecule has 1 N–H and O–H groups in total. The van der Waals surface area contributed by atoms with Gasteiger partial charge in [0.25, 0.3) is 5.91 Å². The molecular weight excluding hydrogens is 369 g/mol. The van der Waals surface area contributed by atoms with Gasteiger partial charge in [-0.2, -0.15) is 13.2 Å². The first kappa shape index (κ1) is 18.0. The van der Waals surface area contributed by atoms with E-state index in [0.717, 1.165) is 29.8 Å². The summed E-state index contributed by atoms with van der Waals surface area (Å²) in [5.41, 5.74) is 1.87. The number of hydrogen-bond acceptors (Lipinski definition) is 4. The van der Waals surface area contributed by atoms with E-state index >= 15 is 0 Å². The SMILES string of the molecule is O=C(c1cc(Nc2ccc(C(F)(F)F)cc2)ncn1)N1CCc2ccccc21. The average Bonchev–Trinajstić information content (AvgIpc) is 3.11. The largest absolute Gasteiger partial charge is 0.416 e. The van der Waals surface area contributed by atoms with Crippen LogP contribution in [0.1, 0.15) is 21.6 Å². The number of para-hydroxylation sites is 1. The van der Waals surface area contributed by atoms with E-state index in [-0.39, 0.29) is 11.6 Å². The van der Waals surface area contributed by atoms with Gasteiger partial charge in [-0.25, -0.2) is 9.97 Å². The zero-order valence-electron chi connectivity index (χ0n) is 14.6. The van der Waals surface area contributed by atoms with E-state index in [0.29, 0.717) is 18.1 Å². The molecule has 2 heterocycles. The van der Waals surface area contributed by atoms with Crippen LogP contribution in [-0.4, -0.2) is 22.4 Å². The molecule has 0 radical (unpaired) electrons. The quantitative estimate of drug-likeness (QED) is 0.725. The summed E-state index contributed by atoms with van der Waals surface area (Å²) in [4.78, 5) is 22.6. The van der Waals surface area contributed by atoms with Gasteiger partial charge in [-0.3, -0.25) is 4.79 Å². The van der Waals surface area contributed by atoms with Crippen molar-refractivity contribution in [2.75, 3.05) is 16.8 Å². The molecule has 0 aliphatic carbocycles. The van der Waals surface area contributed by atoms with Gasteiger partial charge in [0, 0.05) is 24.0 Å². The van der Waals surface area contributed by atoms with Gasteiger partial charge in [0.15, 0.2) is 0 Å². The summed E-state index contributed by atoms with van der Waals surface area (Å²) in [7, 11) is 0. The van der Waals surface area contributed by atoms with Crippen molar-refractivity contribution in [1.82, 2.24) is 9.97 Å². The number of fused-ring (bicyclic) bond motifs is 1. The fraction of sp³-hybridized carbons (Fsp3) is 0.150. The van der Waals surface area contributed by atoms with Crippen LogP contribution in [0.3, 0.4) is 0 Å². The highest BCUT2D eigenvalue weighted by Crippen LogP contribution is 2.31. The summed E-state index contributed by atoms with van der Waals surface area (Å²) in [6, 6.07) is 13.8. The molecule has 0 fully saturated rings.